The Kier molecular flexibility index (Phi) is 4.10. The van der Waals surface area contributed by atoms with Crippen LogP contribution in [-0.2, 0) is 19.1 Å². The summed E-state index contributed by atoms with van der Waals surface area (Å²) in [6, 6.07) is 6.63. The summed E-state index contributed by atoms with van der Waals surface area (Å²) in [6.07, 6.45) is 0. The lowest BCUT2D eigenvalue weighted by Crippen LogP contribution is -2.35. The average molecular weight is 368 g/mol. The molecule has 0 bridgehead atoms. The van der Waals surface area contributed by atoms with Gasteiger partial charge in [0.15, 0.2) is 0 Å². The summed E-state index contributed by atoms with van der Waals surface area (Å²) >= 11 is 3.28. The van der Waals surface area contributed by atoms with Gasteiger partial charge in [0.05, 0.1) is 18.1 Å². The minimum Gasteiger partial charge on any atom is -0.478 e. The number of esters is 1. The number of amides is 1. The summed E-state index contributed by atoms with van der Waals surface area (Å²) in [5.74, 6) is -2.68. The standard InChI is InChI=1S/C15H14BrNO5/c1-15(2)10(12(18)19)11(13(20)22-3)17(14(15)21)9-6-4-8(16)5-7-9/h4-7H,1-3H3,(H,18,19). The Balaban J connectivity index is 2.71. The molecule has 0 unspecified atom stereocenters. The van der Waals surface area contributed by atoms with E-state index in [2.05, 4.69) is 20.7 Å². The van der Waals surface area contributed by atoms with Crippen LogP contribution in [0.2, 0.25) is 0 Å². The number of nitrogens with zero attached hydrogens (tertiary/aromatic N) is 1. The van der Waals surface area contributed by atoms with Gasteiger partial charge in [-0.05, 0) is 38.1 Å². The summed E-state index contributed by atoms with van der Waals surface area (Å²) in [6.45, 7) is 2.95. The van der Waals surface area contributed by atoms with Crippen LogP contribution in [0.5, 0.6) is 0 Å². The van der Waals surface area contributed by atoms with Crippen molar-refractivity contribution in [3.8, 4) is 0 Å². The number of anilines is 1. The molecule has 0 aliphatic carbocycles. The monoisotopic (exact) mass is 367 g/mol. The highest BCUT2D eigenvalue weighted by molar-refractivity contribution is 9.10. The molecule has 1 aliphatic rings. The third kappa shape index (κ3) is 2.41. The molecular formula is C15H14BrNO5. The number of carboxylic acids is 1. The molecule has 1 aromatic carbocycles. The van der Waals surface area contributed by atoms with Gasteiger partial charge in [-0.2, -0.15) is 0 Å². The molecule has 0 fully saturated rings. The summed E-state index contributed by atoms with van der Waals surface area (Å²) in [7, 11) is 1.14. The first-order valence-corrected chi connectivity index (χ1v) is 7.17. The van der Waals surface area contributed by atoms with Crippen molar-refractivity contribution < 1.29 is 24.2 Å². The number of hydrogen-bond acceptors (Lipinski definition) is 4. The van der Waals surface area contributed by atoms with Gasteiger partial charge in [0.25, 0.3) is 0 Å². The molecule has 1 N–H and O–H groups in total. The number of carboxylic acid groups (broad SMARTS) is 1. The number of methoxy groups -OCH3 is 1. The van der Waals surface area contributed by atoms with E-state index in [0.29, 0.717) is 5.69 Å². The smallest absolute Gasteiger partial charge is 0.355 e. The molecule has 1 aliphatic heterocycles. The van der Waals surface area contributed by atoms with E-state index in [1.807, 2.05) is 0 Å². The quantitative estimate of drug-likeness (QED) is 0.828. The fraction of sp³-hybridized carbons (Fsp3) is 0.267. The Hall–Kier alpha value is -2.15. The Morgan fingerprint density at radius 1 is 1.23 bits per heavy atom. The van der Waals surface area contributed by atoms with Gasteiger partial charge in [0, 0.05) is 10.2 Å². The SMILES string of the molecule is COC(=O)C1=C(C(=O)O)C(C)(C)C(=O)N1c1ccc(Br)cc1. The molecule has 7 heteroatoms. The van der Waals surface area contributed by atoms with E-state index >= 15 is 0 Å². The zero-order valence-corrected chi connectivity index (χ0v) is 13.8. The molecule has 0 radical (unpaired) electrons. The van der Waals surface area contributed by atoms with Crippen molar-refractivity contribution >= 4 is 39.5 Å². The van der Waals surface area contributed by atoms with Crippen molar-refractivity contribution in [3.63, 3.8) is 0 Å². The van der Waals surface area contributed by atoms with Gasteiger partial charge in [-0.1, -0.05) is 15.9 Å². The lowest BCUT2D eigenvalue weighted by Gasteiger charge is -2.22. The normalized spacial score (nSPS) is 16.9. The van der Waals surface area contributed by atoms with Crippen molar-refractivity contribution in [1.82, 2.24) is 0 Å². The summed E-state index contributed by atoms with van der Waals surface area (Å²) in [4.78, 5) is 37.4. The van der Waals surface area contributed by atoms with Gasteiger partial charge < -0.3 is 9.84 Å². The molecule has 22 heavy (non-hydrogen) atoms. The summed E-state index contributed by atoms with van der Waals surface area (Å²) < 4.78 is 5.46. The van der Waals surface area contributed by atoms with Gasteiger partial charge in [0.2, 0.25) is 5.91 Å². The number of halogens is 1. The van der Waals surface area contributed by atoms with Crippen LogP contribution < -0.4 is 4.90 Å². The van der Waals surface area contributed by atoms with Crippen LogP contribution in [0.15, 0.2) is 40.0 Å². The Labute approximate surface area is 135 Å². The zero-order chi connectivity index (χ0) is 16.7. The molecule has 0 spiro atoms. The molecule has 116 valence electrons. The lowest BCUT2D eigenvalue weighted by molar-refractivity contribution is -0.138. The number of rotatable bonds is 3. The van der Waals surface area contributed by atoms with Crippen LogP contribution in [0, 0.1) is 5.41 Å². The Morgan fingerprint density at radius 3 is 2.23 bits per heavy atom. The molecule has 0 saturated heterocycles. The largest absolute Gasteiger partial charge is 0.478 e. The third-order valence-corrected chi connectivity index (χ3v) is 4.03. The number of carbonyl (C=O) groups excluding carboxylic acids is 2. The van der Waals surface area contributed by atoms with Gasteiger partial charge in [0.1, 0.15) is 5.70 Å². The minimum absolute atomic E-state index is 0.257. The molecule has 6 nitrogen and oxygen atoms in total. The van der Waals surface area contributed by atoms with Crippen LogP contribution >= 0.6 is 15.9 Å². The molecular weight excluding hydrogens is 354 g/mol. The Bertz CT molecular complexity index is 690. The van der Waals surface area contributed by atoms with Crippen LogP contribution in [-0.4, -0.2) is 30.1 Å². The highest BCUT2D eigenvalue weighted by Crippen LogP contribution is 2.42. The van der Waals surface area contributed by atoms with Crippen LogP contribution in [0.4, 0.5) is 5.69 Å². The van der Waals surface area contributed by atoms with E-state index < -0.39 is 23.3 Å². The third-order valence-electron chi connectivity index (χ3n) is 3.50. The zero-order valence-electron chi connectivity index (χ0n) is 12.2. The highest BCUT2D eigenvalue weighted by atomic mass is 79.9. The number of hydrogen-bond donors (Lipinski definition) is 1. The second-order valence-electron chi connectivity index (χ2n) is 5.26. The van der Waals surface area contributed by atoms with E-state index in [9.17, 15) is 19.5 Å². The number of benzene rings is 1. The number of aliphatic carboxylic acids is 1. The molecule has 1 aromatic rings. The van der Waals surface area contributed by atoms with Gasteiger partial charge in [-0.25, -0.2) is 9.59 Å². The van der Waals surface area contributed by atoms with E-state index in [-0.39, 0.29) is 11.3 Å². The topological polar surface area (TPSA) is 83.9 Å². The maximum absolute atomic E-state index is 12.7. The molecule has 0 aromatic heterocycles. The van der Waals surface area contributed by atoms with Crippen LogP contribution in [0.3, 0.4) is 0 Å². The second-order valence-corrected chi connectivity index (χ2v) is 6.18. The maximum atomic E-state index is 12.7. The van der Waals surface area contributed by atoms with E-state index in [1.165, 1.54) is 13.8 Å². The first-order chi connectivity index (χ1) is 10.2. The van der Waals surface area contributed by atoms with Crippen molar-refractivity contribution in [3.05, 3.63) is 40.0 Å². The first kappa shape index (κ1) is 16.2. The van der Waals surface area contributed by atoms with Crippen molar-refractivity contribution in [2.45, 2.75) is 13.8 Å². The van der Waals surface area contributed by atoms with Crippen molar-refractivity contribution in [2.24, 2.45) is 5.41 Å². The predicted molar refractivity (Wildman–Crippen MR) is 82.1 cm³/mol. The fourth-order valence-corrected chi connectivity index (χ4v) is 2.66. The molecule has 0 atom stereocenters. The molecule has 1 amide bonds. The summed E-state index contributed by atoms with van der Waals surface area (Å²) in [5, 5.41) is 9.44. The molecule has 0 saturated carbocycles. The average Bonchev–Trinajstić information content (AvgIpc) is 2.67. The van der Waals surface area contributed by atoms with Gasteiger partial charge >= 0.3 is 11.9 Å². The van der Waals surface area contributed by atoms with E-state index in [4.69, 9.17) is 0 Å². The van der Waals surface area contributed by atoms with Crippen molar-refractivity contribution in [2.75, 3.05) is 12.0 Å². The molecule has 2 rings (SSSR count). The predicted octanol–water partition coefficient (Wildman–Crippen LogP) is 2.33. The summed E-state index contributed by atoms with van der Waals surface area (Å²) in [5.41, 5.74) is -1.46. The minimum atomic E-state index is -1.33. The first-order valence-electron chi connectivity index (χ1n) is 6.38. The van der Waals surface area contributed by atoms with Crippen LogP contribution in [0.25, 0.3) is 0 Å². The van der Waals surface area contributed by atoms with Crippen LogP contribution in [0.1, 0.15) is 13.8 Å². The Morgan fingerprint density at radius 2 is 1.77 bits per heavy atom. The highest BCUT2D eigenvalue weighted by Gasteiger charge is 2.52. The molecule has 1 heterocycles. The van der Waals surface area contributed by atoms with E-state index in [1.54, 1.807) is 24.3 Å². The van der Waals surface area contributed by atoms with E-state index in [0.717, 1.165) is 16.5 Å². The maximum Gasteiger partial charge on any atom is 0.355 e. The number of carbonyl (C=O) groups is 3. The second kappa shape index (κ2) is 5.57. The van der Waals surface area contributed by atoms with Gasteiger partial charge in [-0.3, -0.25) is 9.69 Å². The van der Waals surface area contributed by atoms with Gasteiger partial charge in [-0.15, -0.1) is 0 Å². The van der Waals surface area contributed by atoms with Crippen molar-refractivity contribution in [1.29, 1.82) is 0 Å². The lowest BCUT2D eigenvalue weighted by atomic mass is 9.85. The fourth-order valence-electron chi connectivity index (χ4n) is 2.39. The number of ether oxygens (including phenoxy) is 1.